The van der Waals surface area contributed by atoms with Crippen LogP contribution in [0.4, 0.5) is 17.1 Å². The highest BCUT2D eigenvalue weighted by Crippen LogP contribution is 2.30. The van der Waals surface area contributed by atoms with Crippen molar-refractivity contribution in [1.82, 2.24) is 0 Å². The number of nitrogens with zero attached hydrogens (tertiary/aromatic N) is 2. The van der Waals surface area contributed by atoms with Crippen LogP contribution in [0.15, 0.2) is 72.8 Å². The van der Waals surface area contributed by atoms with Crippen molar-refractivity contribution < 1.29 is 19.2 Å². The quantitative estimate of drug-likeness (QED) is 0.451. The predicted molar refractivity (Wildman–Crippen MR) is 120 cm³/mol. The number of nitrogens with one attached hydrogen (secondary N) is 1. The maximum atomic E-state index is 12.7. The molecule has 0 aliphatic carbocycles. The molecule has 4 rings (SSSR count). The summed E-state index contributed by atoms with van der Waals surface area (Å²) in [5.41, 5.74) is 1.47. The first kappa shape index (κ1) is 21.0. The lowest BCUT2D eigenvalue weighted by Gasteiger charge is -2.17. The number of nitro benzene ring substituents is 1. The van der Waals surface area contributed by atoms with Gasteiger partial charge in [0.2, 0.25) is 11.8 Å². The van der Waals surface area contributed by atoms with Gasteiger partial charge in [0, 0.05) is 30.3 Å². The summed E-state index contributed by atoms with van der Waals surface area (Å²) < 4.78 is 5.74. The minimum atomic E-state index is -0.553. The summed E-state index contributed by atoms with van der Waals surface area (Å²) in [5, 5.41) is 14.0. The molecule has 162 valence electrons. The van der Waals surface area contributed by atoms with Crippen molar-refractivity contribution in [2.24, 2.45) is 5.92 Å². The molecule has 0 bridgehead atoms. The molecule has 0 aromatic heterocycles. The lowest BCUT2D eigenvalue weighted by Crippen LogP contribution is -2.28. The molecule has 8 nitrogen and oxygen atoms in total. The number of amides is 2. The largest absolute Gasteiger partial charge is 0.457 e. The lowest BCUT2D eigenvalue weighted by atomic mass is 10.1. The van der Waals surface area contributed by atoms with Gasteiger partial charge in [-0.25, -0.2) is 0 Å². The second-order valence-electron chi connectivity index (χ2n) is 7.56. The molecule has 1 aliphatic heterocycles. The number of anilines is 2. The summed E-state index contributed by atoms with van der Waals surface area (Å²) in [6.45, 7) is 1.81. The van der Waals surface area contributed by atoms with Gasteiger partial charge in [-0.2, -0.15) is 0 Å². The second kappa shape index (κ2) is 8.89. The van der Waals surface area contributed by atoms with Crippen molar-refractivity contribution in [2.45, 2.75) is 13.3 Å². The molecule has 3 aromatic carbocycles. The number of para-hydroxylation sites is 1. The van der Waals surface area contributed by atoms with E-state index in [2.05, 4.69) is 5.32 Å². The van der Waals surface area contributed by atoms with Gasteiger partial charge in [-0.15, -0.1) is 0 Å². The van der Waals surface area contributed by atoms with Crippen LogP contribution in [0.5, 0.6) is 11.5 Å². The van der Waals surface area contributed by atoms with Gasteiger partial charge in [-0.3, -0.25) is 19.7 Å². The van der Waals surface area contributed by atoms with Gasteiger partial charge < -0.3 is 15.0 Å². The Morgan fingerprint density at radius 3 is 2.44 bits per heavy atom. The number of nitro groups is 1. The third-order valence-electron chi connectivity index (χ3n) is 5.30. The van der Waals surface area contributed by atoms with E-state index in [4.69, 9.17) is 4.74 Å². The summed E-state index contributed by atoms with van der Waals surface area (Å²) in [6, 6.07) is 21.0. The third-order valence-corrected chi connectivity index (χ3v) is 5.30. The van der Waals surface area contributed by atoms with E-state index >= 15 is 0 Å². The fourth-order valence-corrected chi connectivity index (χ4v) is 3.57. The zero-order valence-corrected chi connectivity index (χ0v) is 17.4. The third kappa shape index (κ3) is 4.59. The number of hydrogen-bond donors (Lipinski definition) is 1. The number of benzene rings is 3. The Morgan fingerprint density at radius 1 is 1.06 bits per heavy atom. The Morgan fingerprint density at radius 2 is 1.75 bits per heavy atom. The molecule has 0 radical (unpaired) electrons. The molecular formula is C24H21N3O5. The normalized spacial score (nSPS) is 15.5. The van der Waals surface area contributed by atoms with Crippen LogP contribution in [-0.4, -0.2) is 23.3 Å². The molecule has 8 heteroatoms. The molecule has 2 amide bonds. The molecule has 1 saturated heterocycles. The molecule has 1 fully saturated rings. The van der Waals surface area contributed by atoms with Gasteiger partial charge in [0.15, 0.2) is 0 Å². The molecule has 0 spiro atoms. The first-order valence-corrected chi connectivity index (χ1v) is 10.1. The zero-order chi connectivity index (χ0) is 22.7. The zero-order valence-electron chi connectivity index (χ0n) is 17.4. The van der Waals surface area contributed by atoms with Crippen LogP contribution in [0.25, 0.3) is 0 Å². The van der Waals surface area contributed by atoms with Gasteiger partial charge >= 0.3 is 0 Å². The maximum absolute atomic E-state index is 12.7. The molecule has 1 N–H and O–H groups in total. The summed E-state index contributed by atoms with van der Waals surface area (Å²) in [6.07, 6.45) is 0.0444. The van der Waals surface area contributed by atoms with Crippen molar-refractivity contribution in [3.8, 4) is 11.5 Å². The average Bonchev–Trinajstić information content (AvgIpc) is 3.18. The number of carbonyl (C=O) groups excluding carboxylic acids is 2. The van der Waals surface area contributed by atoms with Crippen LogP contribution in [-0.2, 0) is 9.59 Å². The van der Waals surface area contributed by atoms with Crippen LogP contribution in [0.3, 0.4) is 0 Å². The molecule has 32 heavy (non-hydrogen) atoms. The Hall–Kier alpha value is -4.20. The fraction of sp³-hybridized carbons (Fsp3) is 0.167. The van der Waals surface area contributed by atoms with E-state index in [-0.39, 0.29) is 30.5 Å². The minimum Gasteiger partial charge on any atom is -0.457 e. The Kier molecular flexibility index (Phi) is 5.85. The van der Waals surface area contributed by atoms with Crippen molar-refractivity contribution in [3.63, 3.8) is 0 Å². The van der Waals surface area contributed by atoms with Gasteiger partial charge in [-0.05, 0) is 49.4 Å². The standard InChI is InChI=1S/C24H21N3O5/c1-16-7-10-19(14-22(16)27(30)31)26-15-17(13-23(26)28)24(29)25-18-8-11-21(12-9-18)32-20-5-3-2-4-6-20/h2-12,14,17H,13,15H2,1H3,(H,25,29)/t17-/m1/s1. The highest BCUT2D eigenvalue weighted by Gasteiger charge is 2.35. The van der Waals surface area contributed by atoms with Crippen LogP contribution in [0.1, 0.15) is 12.0 Å². The van der Waals surface area contributed by atoms with Crippen LogP contribution in [0.2, 0.25) is 0 Å². The van der Waals surface area contributed by atoms with Gasteiger partial charge in [0.25, 0.3) is 5.69 Å². The van der Waals surface area contributed by atoms with E-state index in [1.54, 1.807) is 43.3 Å². The number of rotatable bonds is 6. The topological polar surface area (TPSA) is 102 Å². The number of hydrogen-bond acceptors (Lipinski definition) is 5. The highest BCUT2D eigenvalue weighted by atomic mass is 16.6. The SMILES string of the molecule is Cc1ccc(N2C[C@H](C(=O)Nc3ccc(Oc4ccccc4)cc3)CC2=O)cc1[N+](=O)[O-]. The molecule has 1 atom stereocenters. The predicted octanol–water partition coefficient (Wildman–Crippen LogP) is 4.69. The van der Waals surface area contributed by atoms with Crippen LogP contribution < -0.4 is 15.0 Å². The summed E-state index contributed by atoms with van der Waals surface area (Å²) >= 11 is 0. The molecular weight excluding hydrogens is 410 g/mol. The van der Waals surface area contributed by atoms with E-state index in [1.165, 1.54) is 11.0 Å². The monoisotopic (exact) mass is 431 g/mol. The summed E-state index contributed by atoms with van der Waals surface area (Å²) in [4.78, 5) is 37.3. The first-order chi connectivity index (χ1) is 15.4. The summed E-state index contributed by atoms with van der Waals surface area (Å²) in [5.74, 6) is 0.278. The molecule has 0 unspecified atom stereocenters. The van der Waals surface area contributed by atoms with E-state index < -0.39 is 10.8 Å². The van der Waals surface area contributed by atoms with Crippen LogP contribution in [0, 0.1) is 23.0 Å². The highest BCUT2D eigenvalue weighted by molar-refractivity contribution is 6.03. The maximum Gasteiger partial charge on any atom is 0.274 e. The number of ether oxygens (including phenoxy) is 1. The number of aryl methyl sites for hydroxylation is 1. The minimum absolute atomic E-state index is 0.0444. The summed E-state index contributed by atoms with van der Waals surface area (Å²) in [7, 11) is 0. The Balaban J connectivity index is 1.40. The van der Waals surface area contributed by atoms with E-state index in [1.807, 2.05) is 30.3 Å². The molecule has 3 aromatic rings. The van der Waals surface area contributed by atoms with Crippen molar-refractivity contribution in [3.05, 3.63) is 88.5 Å². The fourth-order valence-electron chi connectivity index (χ4n) is 3.57. The Labute approximate surface area is 184 Å². The average molecular weight is 431 g/mol. The van der Waals surface area contributed by atoms with Crippen LogP contribution >= 0.6 is 0 Å². The van der Waals surface area contributed by atoms with Gasteiger partial charge in [0.05, 0.1) is 16.5 Å². The van der Waals surface area contributed by atoms with Crippen molar-refractivity contribution >= 4 is 28.9 Å². The molecule has 0 saturated carbocycles. The molecule has 1 heterocycles. The van der Waals surface area contributed by atoms with E-state index in [9.17, 15) is 19.7 Å². The number of carbonyl (C=O) groups is 2. The van der Waals surface area contributed by atoms with Gasteiger partial charge in [0.1, 0.15) is 11.5 Å². The van der Waals surface area contributed by atoms with Crippen molar-refractivity contribution in [1.29, 1.82) is 0 Å². The van der Waals surface area contributed by atoms with E-state index in [0.29, 0.717) is 28.4 Å². The smallest absolute Gasteiger partial charge is 0.274 e. The molecule has 1 aliphatic rings. The first-order valence-electron chi connectivity index (χ1n) is 10.1. The van der Waals surface area contributed by atoms with Gasteiger partial charge in [-0.1, -0.05) is 24.3 Å². The Bertz CT molecular complexity index is 1160. The van der Waals surface area contributed by atoms with Crippen molar-refractivity contribution in [2.75, 3.05) is 16.8 Å². The lowest BCUT2D eigenvalue weighted by molar-refractivity contribution is -0.385. The second-order valence-corrected chi connectivity index (χ2v) is 7.56. The van der Waals surface area contributed by atoms with E-state index in [0.717, 1.165) is 0 Å².